The van der Waals surface area contributed by atoms with Crippen molar-refractivity contribution in [2.24, 2.45) is 0 Å². The van der Waals surface area contributed by atoms with Gasteiger partial charge in [-0.25, -0.2) is 4.39 Å². The summed E-state index contributed by atoms with van der Waals surface area (Å²) in [5.41, 5.74) is 1.05. The summed E-state index contributed by atoms with van der Waals surface area (Å²) >= 11 is 1.79. The van der Waals surface area contributed by atoms with E-state index >= 15 is 0 Å². The van der Waals surface area contributed by atoms with Crippen LogP contribution in [0.5, 0.6) is 0 Å². The molecule has 0 spiro atoms. The molecule has 96 valence electrons. The zero-order valence-corrected chi connectivity index (χ0v) is 12.0. The second kappa shape index (κ2) is 6.41. The Morgan fingerprint density at radius 1 is 1.29 bits per heavy atom. The maximum Gasteiger partial charge on any atom is 0.123 e. The number of nitrogens with one attached hydrogen (secondary N) is 1. The van der Waals surface area contributed by atoms with Crippen LogP contribution < -0.4 is 5.32 Å². The largest absolute Gasteiger partial charge is 0.313 e. The van der Waals surface area contributed by atoms with Gasteiger partial charge in [-0.05, 0) is 36.7 Å². The lowest BCUT2D eigenvalue weighted by Crippen LogP contribution is -2.15. The third-order valence-corrected chi connectivity index (χ3v) is 3.41. The van der Waals surface area contributed by atoms with Crippen LogP contribution in [-0.2, 0) is 6.54 Å². The number of hydrogen-bond acceptors (Lipinski definition) is 2. The number of thioether (sulfide) groups is 1. The molecule has 17 heavy (non-hydrogen) atoms. The second-order valence-corrected chi connectivity index (χ2v) is 7.01. The van der Waals surface area contributed by atoms with E-state index in [4.69, 9.17) is 0 Å². The van der Waals surface area contributed by atoms with Crippen LogP contribution in [0.4, 0.5) is 4.39 Å². The molecule has 0 aromatic heterocycles. The summed E-state index contributed by atoms with van der Waals surface area (Å²) in [6, 6.07) is 5.06. The fraction of sp³-hybridized carbons (Fsp3) is 0.571. The van der Waals surface area contributed by atoms with Gasteiger partial charge in [0.1, 0.15) is 5.82 Å². The van der Waals surface area contributed by atoms with Crippen LogP contribution in [0, 0.1) is 5.82 Å². The standard InChI is InChI=1S/C14H22FNS/c1-5-8-16-10-11-9-12(15)6-7-13(11)17-14(2,3)4/h6-7,9,16H,5,8,10H2,1-4H3. The molecule has 1 rings (SSSR count). The number of benzene rings is 1. The number of rotatable bonds is 5. The van der Waals surface area contributed by atoms with Crippen molar-refractivity contribution in [3.63, 3.8) is 0 Å². The molecule has 0 bridgehead atoms. The lowest BCUT2D eigenvalue weighted by atomic mass is 10.2. The van der Waals surface area contributed by atoms with Crippen LogP contribution in [0.3, 0.4) is 0 Å². The second-order valence-electron chi connectivity index (χ2n) is 5.14. The molecule has 0 aliphatic carbocycles. The topological polar surface area (TPSA) is 12.0 Å². The molecule has 0 fully saturated rings. The highest BCUT2D eigenvalue weighted by Crippen LogP contribution is 2.34. The van der Waals surface area contributed by atoms with Crippen LogP contribution in [0.15, 0.2) is 23.1 Å². The summed E-state index contributed by atoms with van der Waals surface area (Å²) in [4.78, 5) is 1.17. The first-order chi connectivity index (χ1) is 7.92. The molecule has 1 nitrogen and oxygen atoms in total. The Morgan fingerprint density at radius 3 is 2.59 bits per heavy atom. The average Bonchev–Trinajstić information content (AvgIpc) is 2.20. The Morgan fingerprint density at radius 2 is 2.00 bits per heavy atom. The Kier molecular flexibility index (Phi) is 5.47. The monoisotopic (exact) mass is 255 g/mol. The highest BCUT2D eigenvalue weighted by Gasteiger charge is 2.15. The molecule has 3 heteroatoms. The van der Waals surface area contributed by atoms with Crippen LogP contribution in [0.1, 0.15) is 39.7 Å². The molecule has 0 radical (unpaired) electrons. The molecular formula is C14H22FNS. The van der Waals surface area contributed by atoms with E-state index in [9.17, 15) is 4.39 Å². The molecule has 0 heterocycles. The molecule has 0 aliphatic heterocycles. The number of hydrogen-bond donors (Lipinski definition) is 1. The summed E-state index contributed by atoms with van der Waals surface area (Å²) in [7, 11) is 0. The predicted molar refractivity (Wildman–Crippen MR) is 74.0 cm³/mol. The lowest BCUT2D eigenvalue weighted by molar-refractivity contribution is 0.615. The fourth-order valence-corrected chi connectivity index (χ4v) is 2.57. The Hall–Kier alpha value is -0.540. The van der Waals surface area contributed by atoms with Crippen LogP contribution >= 0.6 is 11.8 Å². The van der Waals surface area contributed by atoms with Gasteiger partial charge in [0.05, 0.1) is 0 Å². The van der Waals surface area contributed by atoms with Gasteiger partial charge in [0.15, 0.2) is 0 Å². The van der Waals surface area contributed by atoms with Gasteiger partial charge in [0.25, 0.3) is 0 Å². The summed E-state index contributed by atoms with van der Waals surface area (Å²) < 4.78 is 13.4. The van der Waals surface area contributed by atoms with Crippen LogP contribution in [0.25, 0.3) is 0 Å². The van der Waals surface area contributed by atoms with Crippen molar-refractivity contribution >= 4 is 11.8 Å². The van der Waals surface area contributed by atoms with Crippen molar-refractivity contribution < 1.29 is 4.39 Å². The van der Waals surface area contributed by atoms with Crippen LogP contribution in [-0.4, -0.2) is 11.3 Å². The minimum absolute atomic E-state index is 0.150. The maximum atomic E-state index is 13.3. The van der Waals surface area contributed by atoms with Crippen molar-refractivity contribution in [2.45, 2.75) is 50.3 Å². The van der Waals surface area contributed by atoms with E-state index < -0.39 is 0 Å². The molecule has 0 unspecified atom stereocenters. The molecule has 0 saturated heterocycles. The van der Waals surface area contributed by atoms with E-state index in [2.05, 4.69) is 33.0 Å². The molecule has 0 amide bonds. The van der Waals surface area contributed by atoms with E-state index in [1.165, 1.54) is 11.0 Å². The van der Waals surface area contributed by atoms with Gasteiger partial charge in [-0.3, -0.25) is 0 Å². The van der Waals surface area contributed by atoms with Gasteiger partial charge in [-0.1, -0.05) is 27.7 Å². The molecular weight excluding hydrogens is 233 g/mol. The lowest BCUT2D eigenvalue weighted by Gasteiger charge is -2.20. The van der Waals surface area contributed by atoms with Crippen molar-refractivity contribution in [2.75, 3.05) is 6.54 Å². The average molecular weight is 255 g/mol. The van der Waals surface area contributed by atoms with Gasteiger partial charge in [-0.15, -0.1) is 11.8 Å². The van der Waals surface area contributed by atoms with Crippen molar-refractivity contribution in [1.82, 2.24) is 5.32 Å². The highest BCUT2D eigenvalue weighted by atomic mass is 32.2. The highest BCUT2D eigenvalue weighted by molar-refractivity contribution is 8.00. The maximum absolute atomic E-state index is 13.3. The predicted octanol–water partition coefficient (Wildman–Crippen LogP) is 4.22. The first kappa shape index (κ1) is 14.5. The van der Waals surface area contributed by atoms with Gasteiger partial charge in [0, 0.05) is 16.2 Å². The first-order valence-corrected chi connectivity index (χ1v) is 6.92. The fourth-order valence-electron chi connectivity index (χ4n) is 1.52. The smallest absolute Gasteiger partial charge is 0.123 e. The van der Waals surface area contributed by atoms with E-state index in [0.717, 1.165) is 25.1 Å². The van der Waals surface area contributed by atoms with E-state index in [1.54, 1.807) is 17.8 Å². The first-order valence-electron chi connectivity index (χ1n) is 6.10. The molecule has 0 saturated carbocycles. The van der Waals surface area contributed by atoms with E-state index in [-0.39, 0.29) is 10.6 Å². The summed E-state index contributed by atoms with van der Waals surface area (Å²) in [5, 5.41) is 3.32. The van der Waals surface area contributed by atoms with Crippen molar-refractivity contribution in [1.29, 1.82) is 0 Å². The third-order valence-electron chi connectivity index (χ3n) is 2.18. The molecule has 1 N–H and O–H groups in total. The minimum atomic E-state index is -0.156. The summed E-state index contributed by atoms with van der Waals surface area (Å²) in [6.45, 7) is 10.3. The quantitative estimate of drug-likeness (QED) is 0.624. The summed E-state index contributed by atoms with van der Waals surface area (Å²) in [5.74, 6) is -0.156. The Balaban J connectivity index is 2.80. The molecule has 0 atom stereocenters. The normalized spacial score (nSPS) is 11.8. The van der Waals surface area contributed by atoms with Gasteiger partial charge < -0.3 is 5.32 Å². The SMILES string of the molecule is CCCNCc1cc(F)ccc1SC(C)(C)C. The summed E-state index contributed by atoms with van der Waals surface area (Å²) in [6.07, 6.45) is 1.09. The Labute approximate surface area is 108 Å². The van der Waals surface area contributed by atoms with Gasteiger partial charge in [-0.2, -0.15) is 0 Å². The van der Waals surface area contributed by atoms with Crippen molar-refractivity contribution in [3.05, 3.63) is 29.6 Å². The zero-order chi connectivity index (χ0) is 12.9. The molecule has 1 aromatic rings. The zero-order valence-electron chi connectivity index (χ0n) is 11.1. The van der Waals surface area contributed by atoms with Gasteiger partial charge in [0.2, 0.25) is 0 Å². The minimum Gasteiger partial charge on any atom is -0.313 e. The molecule has 0 aliphatic rings. The van der Waals surface area contributed by atoms with E-state index in [1.807, 2.05) is 6.07 Å². The number of halogens is 1. The van der Waals surface area contributed by atoms with Crippen molar-refractivity contribution in [3.8, 4) is 0 Å². The Bertz CT molecular complexity index is 358. The van der Waals surface area contributed by atoms with Crippen LogP contribution in [0.2, 0.25) is 0 Å². The van der Waals surface area contributed by atoms with E-state index in [0.29, 0.717) is 0 Å². The molecule has 1 aromatic carbocycles. The third kappa shape index (κ3) is 5.55. The van der Waals surface area contributed by atoms with Gasteiger partial charge >= 0.3 is 0 Å².